The third-order valence-corrected chi connectivity index (χ3v) is 2.75. The molecule has 16 heavy (non-hydrogen) atoms. The SMILES string of the molecule is c1ccc2nc(O[C@@H]3CCNC3)ncc2c1. The average molecular weight is 215 g/mol. The number of rotatable bonds is 2. The van der Waals surface area contributed by atoms with Crippen LogP contribution in [0.15, 0.2) is 30.5 Å². The van der Waals surface area contributed by atoms with Gasteiger partial charge in [-0.2, -0.15) is 4.98 Å². The quantitative estimate of drug-likeness (QED) is 0.822. The van der Waals surface area contributed by atoms with Gasteiger partial charge in [0.05, 0.1) is 5.52 Å². The first-order valence-corrected chi connectivity index (χ1v) is 5.51. The van der Waals surface area contributed by atoms with E-state index in [-0.39, 0.29) is 6.10 Å². The topological polar surface area (TPSA) is 47.0 Å². The molecule has 1 fully saturated rings. The number of ether oxygens (including phenoxy) is 1. The van der Waals surface area contributed by atoms with Crippen molar-refractivity contribution in [3.8, 4) is 6.01 Å². The Bertz CT molecular complexity index is 494. The largest absolute Gasteiger partial charge is 0.459 e. The second kappa shape index (κ2) is 4.06. The first-order valence-electron chi connectivity index (χ1n) is 5.51. The highest BCUT2D eigenvalue weighted by atomic mass is 16.5. The highest BCUT2D eigenvalue weighted by Gasteiger charge is 2.17. The molecular weight excluding hydrogens is 202 g/mol. The molecule has 4 nitrogen and oxygen atoms in total. The average Bonchev–Trinajstić information content (AvgIpc) is 2.82. The van der Waals surface area contributed by atoms with Gasteiger partial charge in [-0.05, 0) is 19.0 Å². The van der Waals surface area contributed by atoms with Crippen molar-refractivity contribution in [2.24, 2.45) is 0 Å². The maximum Gasteiger partial charge on any atom is 0.317 e. The second-order valence-electron chi connectivity index (χ2n) is 3.94. The number of para-hydroxylation sites is 1. The summed E-state index contributed by atoms with van der Waals surface area (Å²) in [5, 5.41) is 4.29. The van der Waals surface area contributed by atoms with Gasteiger partial charge in [-0.25, -0.2) is 4.98 Å². The van der Waals surface area contributed by atoms with E-state index in [1.54, 1.807) is 6.20 Å². The van der Waals surface area contributed by atoms with Gasteiger partial charge in [-0.3, -0.25) is 0 Å². The zero-order chi connectivity index (χ0) is 10.8. The fourth-order valence-electron chi connectivity index (χ4n) is 1.89. The lowest BCUT2D eigenvalue weighted by Gasteiger charge is -2.10. The van der Waals surface area contributed by atoms with E-state index in [1.165, 1.54) is 0 Å². The number of hydrogen-bond donors (Lipinski definition) is 1. The summed E-state index contributed by atoms with van der Waals surface area (Å²) in [7, 11) is 0. The highest BCUT2D eigenvalue weighted by Crippen LogP contribution is 2.15. The van der Waals surface area contributed by atoms with Gasteiger partial charge < -0.3 is 10.1 Å². The number of fused-ring (bicyclic) bond motifs is 1. The van der Waals surface area contributed by atoms with Crippen molar-refractivity contribution in [2.45, 2.75) is 12.5 Å². The summed E-state index contributed by atoms with van der Waals surface area (Å²) in [6.07, 6.45) is 3.04. The maximum absolute atomic E-state index is 5.70. The Hall–Kier alpha value is -1.68. The van der Waals surface area contributed by atoms with Crippen LogP contribution in [-0.2, 0) is 0 Å². The molecule has 82 valence electrons. The summed E-state index contributed by atoms with van der Waals surface area (Å²) in [6, 6.07) is 8.39. The Labute approximate surface area is 93.7 Å². The summed E-state index contributed by atoms with van der Waals surface area (Å²) in [6.45, 7) is 1.90. The molecule has 1 aromatic heterocycles. The van der Waals surface area contributed by atoms with Gasteiger partial charge in [0.25, 0.3) is 0 Å². The molecule has 0 radical (unpaired) electrons. The van der Waals surface area contributed by atoms with Crippen molar-refractivity contribution in [3.05, 3.63) is 30.5 Å². The summed E-state index contributed by atoms with van der Waals surface area (Å²) in [4.78, 5) is 8.59. The zero-order valence-electron chi connectivity index (χ0n) is 8.89. The Morgan fingerprint density at radius 3 is 3.12 bits per heavy atom. The molecule has 1 atom stereocenters. The van der Waals surface area contributed by atoms with E-state index in [1.807, 2.05) is 24.3 Å². The van der Waals surface area contributed by atoms with Crippen LogP contribution in [0.25, 0.3) is 10.9 Å². The first-order chi connectivity index (χ1) is 7.92. The molecule has 3 rings (SSSR count). The number of nitrogens with zero attached hydrogens (tertiary/aromatic N) is 2. The van der Waals surface area contributed by atoms with Crippen molar-refractivity contribution < 1.29 is 4.74 Å². The Morgan fingerprint density at radius 2 is 2.25 bits per heavy atom. The highest BCUT2D eigenvalue weighted by molar-refractivity contribution is 5.77. The van der Waals surface area contributed by atoms with Gasteiger partial charge in [-0.1, -0.05) is 18.2 Å². The molecule has 2 heterocycles. The van der Waals surface area contributed by atoms with Crippen LogP contribution >= 0.6 is 0 Å². The van der Waals surface area contributed by atoms with Gasteiger partial charge in [0.1, 0.15) is 6.10 Å². The number of benzene rings is 1. The molecule has 0 amide bonds. The number of nitrogens with one attached hydrogen (secondary N) is 1. The van der Waals surface area contributed by atoms with Crippen LogP contribution in [0.1, 0.15) is 6.42 Å². The molecule has 1 aliphatic rings. The first kappa shape index (κ1) is 9.54. The minimum atomic E-state index is 0.209. The molecule has 0 unspecified atom stereocenters. The summed E-state index contributed by atoms with van der Waals surface area (Å²) < 4.78 is 5.70. The van der Waals surface area contributed by atoms with Gasteiger partial charge in [0.15, 0.2) is 0 Å². The lowest BCUT2D eigenvalue weighted by Crippen LogP contribution is -2.20. The predicted octanol–water partition coefficient (Wildman–Crippen LogP) is 1.37. The number of hydrogen-bond acceptors (Lipinski definition) is 4. The third kappa shape index (κ3) is 1.84. The van der Waals surface area contributed by atoms with Crippen LogP contribution in [0.4, 0.5) is 0 Å². The molecule has 0 spiro atoms. The van der Waals surface area contributed by atoms with E-state index in [9.17, 15) is 0 Å². The van der Waals surface area contributed by atoms with Crippen molar-refractivity contribution in [1.82, 2.24) is 15.3 Å². The van der Waals surface area contributed by atoms with Gasteiger partial charge in [0, 0.05) is 18.1 Å². The van der Waals surface area contributed by atoms with Crippen LogP contribution in [-0.4, -0.2) is 29.2 Å². The molecule has 1 saturated heterocycles. The molecular formula is C12H13N3O. The smallest absolute Gasteiger partial charge is 0.317 e. The third-order valence-electron chi connectivity index (χ3n) is 2.75. The second-order valence-corrected chi connectivity index (χ2v) is 3.94. The van der Waals surface area contributed by atoms with E-state index in [0.29, 0.717) is 6.01 Å². The van der Waals surface area contributed by atoms with Gasteiger partial charge in [0.2, 0.25) is 0 Å². The number of aromatic nitrogens is 2. The van der Waals surface area contributed by atoms with Gasteiger partial charge in [-0.15, -0.1) is 0 Å². The molecule has 1 N–H and O–H groups in total. The molecule has 0 bridgehead atoms. The molecule has 0 saturated carbocycles. The minimum Gasteiger partial charge on any atom is -0.459 e. The monoisotopic (exact) mass is 215 g/mol. The van der Waals surface area contributed by atoms with E-state index in [0.717, 1.165) is 30.4 Å². The summed E-state index contributed by atoms with van der Waals surface area (Å²) in [5.41, 5.74) is 0.929. The standard InChI is InChI=1S/C12H13N3O/c1-2-4-11-9(3-1)7-14-12(15-11)16-10-5-6-13-8-10/h1-4,7,10,13H,5-6,8H2/t10-/m1/s1. The lowest BCUT2D eigenvalue weighted by molar-refractivity contribution is 0.205. The van der Waals surface area contributed by atoms with Gasteiger partial charge >= 0.3 is 6.01 Å². The predicted molar refractivity (Wildman–Crippen MR) is 61.4 cm³/mol. The van der Waals surface area contributed by atoms with Crippen LogP contribution in [0.2, 0.25) is 0 Å². The Morgan fingerprint density at radius 1 is 1.31 bits per heavy atom. The fourth-order valence-corrected chi connectivity index (χ4v) is 1.89. The summed E-state index contributed by atoms with van der Waals surface area (Å²) in [5.74, 6) is 0. The minimum absolute atomic E-state index is 0.209. The molecule has 4 heteroatoms. The summed E-state index contributed by atoms with van der Waals surface area (Å²) >= 11 is 0. The van der Waals surface area contributed by atoms with Crippen molar-refractivity contribution >= 4 is 10.9 Å². The van der Waals surface area contributed by atoms with Crippen LogP contribution in [0, 0.1) is 0 Å². The van der Waals surface area contributed by atoms with Crippen LogP contribution < -0.4 is 10.1 Å². The molecule has 0 aliphatic carbocycles. The Balaban J connectivity index is 1.86. The normalized spacial score (nSPS) is 20.1. The molecule has 1 aromatic carbocycles. The van der Waals surface area contributed by atoms with Crippen LogP contribution in [0.5, 0.6) is 6.01 Å². The molecule has 1 aliphatic heterocycles. The molecule has 2 aromatic rings. The van der Waals surface area contributed by atoms with E-state index >= 15 is 0 Å². The zero-order valence-corrected chi connectivity index (χ0v) is 8.89. The van der Waals surface area contributed by atoms with Crippen LogP contribution in [0.3, 0.4) is 0 Å². The van der Waals surface area contributed by atoms with Crippen molar-refractivity contribution in [2.75, 3.05) is 13.1 Å². The fraction of sp³-hybridized carbons (Fsp3) is 0.333. The lowest BCUT2D eigenvalue weighted by atomic mass is 10.2. The Kier molecular flexibility index (Phi) is 2.42. The van der Waals surface area contributed by atoms with E-state index in [2.05, 4.69) is 15.3 Å². The van der Waals surface area contributed by atoms with E-state index in [4.69, 9.17) is 4.74 Å². The van der Waals surface area contributed by atoms with E-state index < -0.39 is 0 Å². The van der Waals surface area contributed by atoms with Crippen molar-refractivity contribution in [3.63, 3.8) is 0 Å². The van der Waals surface area contributed by atoms with Crippen molar-refractivity contribution in [1.29, 1.82) is 0 Å². The maximum atomic E-state index is 5.70.